The van der Waals surface area contributed by atoms with E-state index in [2.05, 4.69) is 24.4 Å². The van der Waals surface area contributed by atoms with Gasteiger partial charge in [0.05, 0.1) is 0 Å². The van der Waals surface area contributed by atoms with Crippen LogP contribution < -0.4 is 5.32 Å². The topological polar surface area (TPSA) is 12.0 Å². The van der Waals surface area contributed by atoms with Gasteiger partial charge in [0.25, 0.3) is 0 Å². The van der Waals surface area contributed by atoms with Gasteiger partial charge in [0, 0.05) is 11.6 Å². The minimum Gasteiger partial charge on any atom is -0.319 e. The van der Waals surface area contributed by atoms with Crippen LogP contribution in [0.15, 0.2) is 18.2 Å². The molecule has 2 heteroatoms. The van der Waals surface area contributed by atoms with Crippen molar-refractivity contribution in [3.63, 3.8) is 0 Å². The highest BCUT2D eigenvalue weighted by Crippen LogP contribution is 2.39. The Morgan fingerprint density at radius 2 is 2.13 bits per heavy atom. The first-order valence-electron chi connectivity index (χ1n) is 5.66. The number of fused-ring (bicyclic) bond motifs is 1. The zero-order chi connectivity index (χ0) is 10.8. The van der Waals surface area contributed by atoms with Crippen LogP contribution in [-0.2, 0) is 0 Å². The molecule has 0 saturated heterocycles. The molecule has 0 spiro atoms. The molecule has 0 aliphatic heterocycles. The Bertz CT molecular complexity index is 348. The minimum atomic E-state index is 0.659. The predicted octanol–water partition coefficient (Wildman–Crippen LogP) is 3.54. The van der Waals surface area contributed by atoms with Gasteiger partial charge in [-0.2, -0.15) is 0 Å². The Labute approximate surface area is 96.8 Å². The minimum absolute atomic E-state index is 0.659. The van der Waals surface area contributed by atoms with Crippen LogP contribution in [0, 0.1) is 0 Å². The quantitative estimate of drug-likeness (QED) is 0.809. The fourth-order valence-corrected chi connectivity index (χ4v) is 2.75. The van der Waals surface area contributed by atoms with E-state index < -0.39 is 0 Å². The molecule has 1 nitrogen and oxygen atoms in total. The van der Waals surface area contributed by atoms with Gasteiger partial charge in [-0.3, -0.25) is 0 Å². The van der Waals surface area contributed by atoms with E-state index in [0.29, 0.717) is 11.8 Å². The highest BCUT2D eigenvalue weighted by molar-refractivity contribution is 6.30. The number of likely N-dealkylation sites (N-methyl/N-ethyl adjacent to an activating group) is 1. The van der Waals surface area contributed by atoms with Crippen LogP contribution in [0.1, 0.15) is 42.7 Å². The fourth-order valence-electron chi connectivity index (χ4n) is 2.56. The van der Waals surface area contributed by atoms with E-state index in [0.717, 1.165) is 11.6 Å². The summed E-state index contributed by atoms with van der Waals surface area (Å²) in [5.41, 5.74) is 2.95. The second-order valence-electron chi connectivity index (χ2n) is 4.51. The molecule has 1 aromatic carbocycles. The van der Waals surface area contributed by atoms with Gasteiger partial charge in [0.1, 0.15) is 0 Å². The van der Waals surface area contributed by atoms with E-state index in [4.69, 9.17) is 11.6 Å². The first-order valence-corrected chi connectivity index (χ1v) is 6.04. The number of hydrogen-bond donors (Lipinski definition) is 1. The van der Waals surface area contributed by atoms with Crippen molar-refractivity contribution < 1.29 is 0 Å². The summed E-state index contributed by atoms with van der Waals surface area (Å²) in [6, 6.07) is 6.36. The van der Waals surface area contributed by atoms with E-state index in [1.54, 1.807) is 0 Å². The summed E-state index contributed by atoms with van der Waals surface area (Å²) in [5, 5.41) is 4.14. The smallest absolute Gasteiger partial charge is 0.0409 e. The maximum Gasteiger partial charge on any atom is 0.0409 e. The van der Waals surface area contributed by atoms with Crippen molar-refractivity contribution in [2.75, 3.05) is 13.6 Å². The van der Waals surface area contributed by atoms with Crippen molar-refractivity contribution in [1.29, 1.82) is 0 Å². The molecular formula is C13H18ClN. The van der Waals surface area contributed by atoms with E-state index in [1.807, 2.05) is 13.1 Å². The van der Waals surface area contributed by atoms with Crippen LogP contribution in [-0.4, -0.2) is 13.6 Å². The third kappa shape index (κ3) is 2.19. The van der Waals surface area contributed by atoms with Crippen molar-refractivity contribution in [3.8, 4) is 0 Å². The van der Waals surface area contributed by atoms with E-state index in [-0.39, 0.29) is 0 Å². The number of nitrogens with one attached hydrogen (secondary N) is 1. The van der Waals surface area contributed by atoms with Crippen molar-refractivity contribution >= 4 is 11.6 Å². The van der Waals surface area contributed by atoms with Crippen LogP contribution in [0.2, 0.25) is 5.02 Å². The van der Waals surface area contributed by atoms with Crippen molar-refractivity contribution in [2.45, 2.75) is 31.6 Å². The van der Waals surface area contributed by atoms with Crippen LogP contribution in [0.4, 0.5) is 0 Å². The van der Waals surface area contributed by atoms with Gasteiger partial charge in [0.2, 0.25) is 0 Å². The number of rotatable bonds is 2. The highest BCUT2D eigenvalue weighted by atomic mass is 35.5. The molecule has 82 valence electrons. The van der Waals surface area contributed by atoms with Crippen LogP contribution >= 0.6 is 11.6 Å². The number of halogens is 1. The van der Waals surface area contributed by atoms with Gasteiger partial charge in [-0.1, -0.05) is 24.6 Å². The van der Waals surface area contributed by atoms with E-state index >= 15 is 0 Å². The molecule has 1 aliphatic carbocycles. The molecule has 0 bridgehead atoms. The number of benzene rings is 1. The van der Waals surface area contributed by atoms with Crippen LogP contribution in [0.5, 0.6) is 0 Å². The summed E-state index contributed by atoms with van der Waals surface area (Å²) >= 11 is 6.05. The zero-order valence-electron chi connectivity index (χ0n) is 9.39. The van der Waals surface area contributed by atoms with Gasteiger partial charge in [-0.25, -0.2) is 0 Å². The molecule has 1 N–H and O–H groups in total. The lowest BCUT2D eigenvalue weighted by Gasteiger charge is -2.29. The Hall–Kier alpha value is -0.530. The van der Waals surface area contributed by atoms with Gasteiger partial charge in [-0.05, 0) is 55.0 Å². The molecule has 0 radical (unpaired) electrons. The monoisotopic (exact) mass is 223 g/mol. The molecular weight excluding hydrogens is 206 g/mol. The van der Waals surface area contributed by atoms with Crippen molar-refractivity contribution in [1.82, 2.24) is 5.32 Å². The molecule has 0 heterocycles. The molecule has 0 aromatic heterocycles. The normalized spacial score (nSPS) is 25.0. The van der Waals surface area contributed by atoms with Crippen molar-refractivity contribution in [2.24, 2.45) is 0 Å². The summed E-state index contributed by atoms with van der Waals surface area (Å²) in [6.07, 6.45) is 2.57. The molecule has 0 saturated carbocycles. The van der Waals surface area contributed by atoms with Gasteiger partial charge in [0.15, 0.2) is 0 Å². The molecule has 1 aromatic rings. The summed E-state index contributed by atoms with van der Waals surface area (Å²) < 4.78 is 0. The Morgan fingerprint density at radius 3 is 2.87 bits per heavy atom. The Morgan fingerprint density at radius 1 is 1.33 bits per heavy atom. The van der Waals surface area contributed by atoms with E-state index in [1.165, 1.54) is 24.0 Å². The lowest BCUT2D eigenvalue weighted by Crippen LogP contribution is -2.22. The molecule has 2 atom stereocenters. The Kier molecular flexibility index (Phi) is 3.32. The molecule has 2 unspecified atom stereocenters. The first-order chi connectivity index (χ1) is 7.22. The summed E-state index contributed by atoms with van der Waals surface area (Å²) in [5.74, 6) is 1.32. The van der Waals surface area contributed by atoms with Crippen molar-refractivity contribution in [3.05, 3.63) is 34.3 Å². The van der Waals surface area contributed by atoms with Crippen LogP contribution in [0.25, 0.3) is 0 Å². The molecule has 1 aliphatic rings. The second kappa shape index (κ2) is 4.54. The highest BCUT2D eigenvalue weighted by Gasteiger charge is 2.24. The average molecular weight is 224 g/mol. The molecule has 2 rings (SSSR count). The van der Waals surface area contributed by atoms with E-state index in [9.17, 15) is 0 Å². The zero-order valence-corrected chi connectivity index (χ0v) is 10.1. The SMILES string of the molecule is CNCC1CCC(C)c2cc(Cl)ccc21. The maximum absolute atomic E-state index is 6.05. The maximum atomic E-state index is 6.05. The second-order valence-corrected chi connectivity index (χ2v) is 4.94. The Balaban J connectivity index is 2.36. The number of hydrogen-bond acceptors (Lipinski definition) is 1. The first kappa shape index (κ1) is 11.0. The predicted molar refractivity (Wildman–Crippen MR) is 65.8 cm³/mol. The molecule has 15 heavy (non-hydrogen) atoms. The summed E-state index contributed by atoms with van der Waals surface area (Å²) in [7, 11) is 2.02. The molecule has 0 fully saturated rings. The fraction of sp³-hybridized carbons (Fsp3) is 0.538. The lowest BCUT2D eigenvalue weighted by molar-refractivity contribution is 0.487. The average Bonchev–Trinajstić information content (AvgIpc) is 2.23. The van der Waals surface area contributed by atoms with Crippen LogP contribution in [0.3, 0.4) is 0 Å². The standard InChI is InChI=1S/C13H18ClN/c1-9-3-4-10(8-15-2)12-6-5-11(14)7-13(9)12/h5-7,9-10,15H,3-4,8H2,1-2H3. The van der Waals surface area contributed by atoms with Gasteiger partial charge < -0.3 is 5.32 Å². The summed E-state index contributed by atoms with van der Waals surface area (Å²) in [4.78, 5) is 0. The molecule has 0 amide bonds. The summed E-state index contributed by atoms with van der Waals surface area (Å²) in [6.45, 7) is 3.37. The largest absolute Gasteiger partial charge is 0.319 e. The third-order valence-corrected chi connectivity index (χ3v) is 3.65. The third-order valence-electron chi connectivity index (χ3n) is 3.42. The van der Waals surface area contributed by atoms with Gasteiger partial charge in [-0.15, -0.1) is 0 Å². The lowest BCUT2D eigenvalue weighted by atomic mass is 9.77. The van der Waals surface area contributed by atoms with Gasteiger partial charge >= 0.3 is 0 Å².